The summed E-state index contributed by atoms with van der Waals surface area (Å²) in [7, 11) is -1.62. The maximum atomic E-state index is 14.8. The monoisotopic (exact) mass is 441 g/mol. The van der Waals surface area contributed by atoms with E-state index in [0.29, 0.717) is 35.3 Å². The van der Waals surface area contributed by atoms with Crippen LogP contribution in [0.1, 0.15) is 13.8 Å². The number of rotatable bonds is 5. The van der Waals surface area contributed by atoms with E-state index in [1.165, 1.54) is 0 Å². The summed E-state index contributed by atoms with van der Waals surface area (Å²) >= 11 is 0. The fourth-order valence-corrected chi connectivity index (χ4v) is 4.91. The number of fused-ring (bicyclic) bond motifs is 1. The third-order valence-corrected chi connectivity index (χ3v) is 7.50. The fraction of sp³-hybridized carbons (Fsp3) is 0.391. The molecular formula is C23H28FN3O3Si. The van der Waals surface area contributed by atoms with Crippen LogP contribution < -0.4 is 16.1 Å². The molecule has 164 valence electrons. The normalized spacial score (nSPS) is 18.5. The molecule has 1 aliphatic heterocycles. The van der Waals surface area contributed by atoms with Gasteiger partial charge in [0.05, 0.1) is 44.2 Å². The molecule has 31 heavy (non-hydrogen) atoms. The van der Waals surface area contributed by atoms with E-state index in [9.17, 15) is 9.18 Å². The van der Waals surface area contributed by atoms with Gasteiger partial charge in [0.15, 0.2) is 5.79 Å². The molecule has 1 atom stereocenters. The Morgan fingerprint density at radius 2 is 2.00 bits per heavy atom. The van der Waals surface area contributed by atoms with Crippen molar-refractivity contribution in [3.8, 4) is 0 Å². The SMILES string of the molecule is CC1(C)OC[C@H](Cn2ccc3cncc(Nc4ccc([Si](C)(C)C)cc4F)c3c2=O)O1. The molecule has 0 radical (unpaired) electrons. The van der Waals surface area contributed by atoms with Gasteiger partial charge in [0.25, 0.3) is 5.56 Å². The van der Waals surface area contributed by atoms with Gasteiger partial charge in [0, 0.05) is 17.8 Å². The van der Waals surface area contributed by atoms with Crippen LogP contribution in [0.4, 0.5) is 15.8 Å². The van der Waals surface area contributed by atoms with Gasteiger partial charge in [-0.3, -0.25) is 9.78 Å². The third kappa shape index (κ3) is 4.56. The van der Waals surface area contributed by atoms with Crippen molar-refractivity contribution in [3.63, 3.8) is 0 Å². The van der Waals surface area contributed by atoms with E-state index in [-0.39, 0.29) is 17.5 Å². The first kappa shape index (κ1) is 21.7. The molecule has 3 aromatic rings. The number of hydrogen-bond acceptors (Lipinski definition) is 5. The summed E-state index contributed by atoms with van der Waals surface area (Å²) in [6.45, 7) is 11.0. The molecule has 0 aliphatic carbocycles. The lowest BCUT2D eigenvalue weighted by atomic mass is 10.2. The molecule has 1 aliphatic rings. The number of pyridine rings is 2. The van der Waals surface area contributed by atoms with Crippen molar-refractivity contribution in [2.75, 3.05) is 11.9 Å². The number of nitrogens with one attached hydrogen (secondary N) is 1. The Morgan fingerprint density at radius 3 is 2.65 bits per heavy atom. The van der Waals surface area contributed by atoms with Crippen molar-refractivity contribution in [3.05, 3.63) is 59.0 Å². The van der Waals surface area contributed by atoms with Crippen molar-refractivity contribution in [1.82, 2.24) is 9.55 Å². The first-order chi connectivity index (χ1) is 14.5. The molecule has 8 heteroatoms. The van der Waals surface area contributed by atoms with E-state index in [1.54, 1.807) is 35.3 Å². The van der Waals surface area contributed by atoms with Gasteiger partial charge < -0.3 is 19.4 Å². The Morgan fingerprint density at radius 1 is 1.23 bits per heavy atom. The quantitative estimate of drug-likeness (QED) is 0.607. The summed E-state index contributed by atoms with van der Waals surface area (Å²) in [5.74, 6) is -0.992. The van der Waals surface area contributed by atoms with Gasteiger partial charge in [-0.05, 0) is 32.0 Å². The highest BCUT2D eigenvalue weighted by molar-refractivity contribution is 6.88. The predicted molar refractivity (Wildman–Crippen MR) is 124 cm³/mol. The van der Waals surface area contributed by atoms with Crippen LogP contribution in [0.2, 0.25) is 19.6 Å². The van der Waals surface area contributed by atoms with Crippen LogP contribution in [0.25, 0.3) is 10.8 Å². The summed E-state index contributed by atoms with van der Waals surface area (Å²) in [5.41, 5.74) is 0.607. The van der Waals surface area contributed by atoms with E-state index < -0.39 is 13.9 Å². The van der Waals surface area contributed by atoms with Crippen LogP contribution in [0.5, 0.6) is 0 Å². The van der Waals surface area contributed by atoms with Gasteiger partial charge in [-0.15, -0.1) is 0 Å². The maximum Gasteiger partial charge on any atom is 0.260 e. The van der Waals surface area contributed by atoms with Crippen LogP contribution in [-0.4, -0.2) is 36.1 Å². The highest BCUT2D eigenvalue weighted by Crippen LogP contribution is 2.26. The van der Waals surface area contributed by atoms with Crippen molar-refractivity contribution < 1.29 is 13.9 Å². The zero-order valence-corrected chi connectivity index (χ0v) is 19.5. The van der Waals surface area contributed by atoms with Crippen LogP contribution in [0.15, 0.2) is 47.7 Å². The minimum atomic E-state index is -1.62. The minimum absolute atomic E-state index is 0.185. The van der Waals surface area contributed by atoms with Crippen molar-refractivity contribution in [2.24, 2.45) is 0 Å². The second-order valence-corrected chi connectivity index (χ2v) is 14.5. The Labute approximate surface area is 182 Å². The first-order valence-electron chi connectivity index (χ1n) is 10.4. The molecule has 1 aromatic carbocycles. The number of nitrogens with zero attached hydrogens (tertiary/aromatic N) is 2. The largest absolute Gasteiger partial charge is 0.351 e. The Balaban J connectivity index is 1.68. The Kier molecular flexibility index (Phi) is 5.49. The molecule has 0 unspecified atom stereocenters. The van der Waals surface area contributed by atoms with E-state index in [1.807, 2.05) is 26.0 Å². The number of ether oxygens (including phenoxy) is 2. The van der Waals surface area contributed by atoms with Crippen LogP contribution in [0, 0.1) is 5.82 Å². The lowest BCUT2D eigenvalue weighted by Gasteiger charge is -2.19. The van der Waals surface area contributed by atoms with Gasteiger partial charge in [0.2, 0.25) is 0 Å². The van der Waals surface area contributed by atoms with Gasteiger partial charge in [0.1, 0.15) is 11.9 Å². The maximum absolute atomic E-state index is 14.8. The number of halogens is 1. The zero-order chi connectivity index (χ0) is 22.4. The van der Waals surface area contributed by atoms with Crippen LogP contribution >= 0.6 is 0 Å². The van der Waals surface area contributed by atoms with Crippen LogP contribution in [0.3, 0.4) is 0 Å². The summed E-state index contributed by atoms with van der Waals surface area (Å²) in [5, 5.41) is 5.27. The number of hydrogen-bond donors (Lipinski definition) is 1. The summed E-state index contributed by atoms with van der Waals surface area (Å²) in [6, 6.07) is 7.10. The average molecular weight is 442 g/mol. The number of anilines is 2. The first-order valence-corrected chi connectivity index (χ1v) is 13.9. The predicted octanol–water partition coefficient (Wildman–Crippen LogP) is 3.98. The summed E-state index contributed by atoms with van der Waals surface area (Å²) in [4.78, 5) is 17.5. The molecule has 1 saturated heterocycles. The van der Waals surface area contributed by atoms with Crippen molar-refractivity contribution in [2.45, 2.75) is 51.9 Å². The molecule has 0 spiro atoms. The second-order valence-electron chi connectivity index (χ2n) is 9.44. The van der Waals surface area contributed by atoms with Gasteiger partial charge >= 0.3 is 0 Å². The topological polar surface area (TPSA) is 65.4 Å². The van der Waals surface area contributed by atoms with Gasteiger partial charge in [-0.1, -0.05) is 30.9 Å². The molecule has 4 rings (SSSR count). The van der Waals surface area contributed by atoms with Crippen molar-refractivity contribution >= 4 is 35.4 Å². The highest BCUT2D eigenvalue weighted by Gasteiger charge is 2.33. The number of aromatic nitrogens is 2. The lowest BCUT2D eigenvalue weighted by Crippen LogP contribution is -2.37. The molecule has 3 heterocycles. The van der Waals surface area contributed by atoms with E-state index in [4.69, 9.17) is 9.47 Å². The van der Waals surface area contributed by atoms with E-state index >= 15 is 0 Å². The molecular weight excluding hydrogens is 413 g/mol. The average Bonchev–Trinajstić information content (AvgIpc) is 3.03. The molecule has 0 saturated carbocycles. The summed E-state index contributed by atoms with van der Waals surface area (Å²) < 4.78 is 27.9. The molecule has 0 bridgehead atoms. The third-order valence-electron chi connectivity index (χ3n) is 5.46. The standard InChI is InChI=1S/C23H28FN3O3Si/c1-23(2)29-14-16(30-23)13-27-9-8-15-11-25-12-20(21(15)22(27)28)26-19-7-6-17(10-18(19)24)31(3,4)5/h6-12,16,26H,13-14H2,1-5H3/t16-/m0/s1. The molecule has 0 amide bonds. The Bertz CT molecular complexity index is 1190. The van der Waals surface area contributed by atoms with Crippen molar-refractivity contribution in [1.29, 1.82) is 0 Å². The minimum Gasteiger partial charge on any atom is -0.351 e. The van der Waals surface area contributed by atoms with Gasteiger partial charge in [-0.25, -0.2) is 4.39 Å². The summed E-state index contributed by atoms with van der Waals surface area (Å²) in [6.07, 6.45) is 4.71. The van der Waals surface area contributed by atoms with E-state index in [0.717, 1.165) is 5.19 Å². The molecule has 1 N–H and O–H groups in total. The molecule has 1 fully saturated rings. The zero-order valence-electron chi connectivity index (χ0n) is 18.5. The number of benzene rings is 1. The molecule has 6 nitrogen and oxygen atoms in total. The highest BCUT2D eigenvalue weighted by atomic mass is 28.3. The second kappa shape index (κ2) is 7.85. The fourth-order valence-electron chi connectivity index (χ4n) is 3.76. The van der Waals surface area contributed by atoms with E-state index in [2.05, 4.69) is 29.9 Å². The Hall–Kier alpha value is -2.55. The smallest absolute Gasteiger partial charge is 0.260 e. The van der Waals surface area contributed by atoms with Crippen LogP contribution in [-0.2, 0) is 16.0 Å². The van der Waals surface area contributed by atoms with Gasteiger partial charge in [-0.2, -0.15) is 0 Å². The lowest BCUT2D eigenvalue weighted by molar-refractivity contribution is -0.139. The molecule has 2 aromatic heterocycles.